The van der Waals surface area contributed by atoms with E-state index in [1.54, 1.807) is 0 Å². The minimum absolute atomic E-state index is 0.341. The zero-order valence-electron chi connectivity index (χ0n) is 54.7. The first-order chi connectivity index (χ1) is 42.3. The predicted molar refractivity (Wildman–Crippen MR) is 376 cm³/mol. The molecule has 10 unspecified atom stereocenters. The van der Waals surface area contributed by atoms with E-state index in [1.807, 2.05) is 0 Å². The third kappa shape index (κ3) is 18.5. The SMILES string of the molecule is Cc1ccc(C(CC(CC(CC(c2ccccc2)C(C)C)c2ccc(C(CC(CC(C)C)c3ccccc3)CC(CC(CC(c3ccc(C)cc3)C(C)C)c3ccccc3)c3ccccc3)cc2)c2ccccc2)CC(c2ccccc2)C(C)C)cc1. The van der Waals surface area contributed by atoms with Gasteiger partial charge in [-0.05, 0) is 210 Å². The summed E-state index contributed by atoms with van der Waals surface area (Å²) in [7, 11) is 0. The molecule has 0 fully saturated rings. The summed E-state index contributed by atoms with van der Waals surface area (Å²) in [5.74, 6) is 6.07. The molecule has 0 N–H and O–H groups in total. The van der Waals surface area contributed by atoms with Gasteiger partial charge in [0.2, 0.25) is 0 Å². The lowest BCUT2D eigenvalue weighted by Gasteiger charge is -2.34. The fourth-order valence-electron chi connectivity index (χ4n) is 15.2. The van der Waals surface area contributed by atoms with Gasteiger partial charge in [-0.3, -0.25) is 0 Å². The molecule has 0 aliphatic rings. The molecule has 452 valence electrons. The fraction of sp³-hybridized carbons (Fsp3) is 0.379. The van der Waals surface area contributed by atoms with Crippen LogP contribution < -0.4 is 0 Å². The van der Waals surface area contributed by atoms with Crippen LogP contribution in [0.2, 0.25) is 0 Å². The van der Waals surface area contributed by atoms with Crippen molar-refractivity contribution in [3.8, 4) is 0 Å². The maximum atomic E-state index is 2.61. The van der Waals surface area contributed by atoms with Gasteiger partial charge in [0.15, 0.2) is 0 Å². The van der Waals surface area contributed by atoms with E-state index < -0.39 is 0 Å². The first-order valence-corrected chi connectivity index (χ1v) is 33.8. The number of rotatable bonds is 31. The molecule has 87 heavy (non-hydrogen) atoms. The van der Waals surface area contributed by atoms with Crippen molar-refractivity contribution in [2.24, 2.45) is 23.7 Å². The van der Waals surface area contributed by atoms with E-state index >= 15 is 0 Å². The number of aryl methyl sites for hydroxylation is 2. The van der Waals surface area contributed by atoms with Crippen LogP contribution in [0.25, 0.3) is 0 Å². The first kappa shape index (κ1) is 64.5. The third-order valence-electron chi connectivity index (χ3n) is 20.1. The summed E-state index contributed by atoms with van der Waals surface area (Å²) in [6.45, 7) is 24.0. The number of hydrogen-bond donors (Lipinski definition) is 0. The van der Waals surface area contributed by atoms with E-state index in [2.05, 4.69) is 324 Å². The molecule has 0 nitrogen and oxygen atoms in total. The van der Waals surface area contributed by atoms with Crippen molar-refractivity contribution in [3.05, 3.63) is 322 Å². The Balaban J connectivity index is 1.13. The van der Waals surface area contributed by atoms with Gasteiger partial charge >= 0.3 is 0 Å². The summed E-state index contributed by atoms with van der Waals surface area (Å²) in [6.07, 6.45) is 10.0. The van der Waals surface area contributed by atoms with Crippen molar-refractivity contribution in [3.63, 3.8) is 0 Å². The highest BCUT2D eigenvalue weighted by molar-refractivity contribution is 5.36. The van der Waals surface area contributed by atoms with Gasteiger partial charge < -0.3 is 0 Å². The second-order valence-corrected chi connectivity index (χ2v) is 27.9. The molecule has 0 saturated carbocycles. The molecule has 0 heteroatoms. The van der Waals surface area contributed by atoms with E-state index in [-0.39, 0.29) is 0 Å². The van der Waals surface area contributed by atoms with Crippen molar-refractivity contribution in [2.75, 3.05) is 0 Å². The van der Waals surface area contributed by atoms with Crippen LogP contribution in [-0.2, 0) is 0 Å². The molecule has 0 spiro atoms. The molecule has 9 aromatic carbocycles. The molecule has 0 heterocycles. The largest absolute Gasteiger partial charge is 0.0628 e. The van der Waals surface area contributed by atoms with Gasteiger partial charge in [-0.2, -0.15) is 0 Å². The lowest BCUT2D eigenvalue weighted by molar-refractivity contribution is 0.361. The Morgan fingerprint density at radius 1 is 0.184 bits per heavy atom. The van der Waals surface area contributed by atoms with Crippen molar-refractivity contribution in [1.29, 1.82) is 0 Å². The van der Waals surface area contributed by atoms with Crippen LogP contribution in [-0.4, -0.2) is 0 Å². The maximum absolute atomic E-state index is 2.61. The molecule has 0 aliphatic heterocycles. The number of benzene rings is 9. The molecular formula is C87H104. The van der Waals surface area contributed by atoms with Gasteiger partial charge in [-0.1, -0.05) is 321 Å². The van der Waals surface area contributed by atoms with Crippen LogP contribution in [0.1, 0.15) is 239 Å². The van der Waals surface area contributed by atoms with E-state index in [0.717, 1.165) is 51.4 Å². The average molecular weight is 1150 g/mol. The Kier molecular flexibility index (Phi) is 23.9. The number of hydrogen-bond acceptors (Lipinski definition) is 0. The zero-order chi connectivity index (χ0) is 61.1. The molecule has 10 atom stereocenters. The topological polar surface area (TPSA) is 0 Å². The lowest BCUT2D eigenvalue weighted by atomic mass is 9.70. The summed E-state index contributed by atoms with van der Waals surface area (Å²) in [4.78, 5) is 0. The Labute approximate surface area is 528 Å². The highest BCUT2D eigenvalue weighted by Gasteiger charge is 2.33. The van der Waals surface area contributed by atoms with Crippen LogP contribution in [0.15, 0.2) is 255 Å². The van der Waals surface area contributed by atoms with Crippen molar-refractivity contribution < 1.29 is 0 Å². The standard InChI is InChI=1S/C87H104/c1-62(2)53-78(68-29-17-11-18-30-68)54-81(55-79(69-31-19-12-20-32-69)56-82(71-35-23-14-24-36-71)59-87(65(7)8)77-47-43-67(10)44-48-77)73-49-51-74(52-50-73)84(61-86(64(5)6)76-39-27-16-28-40-76)58-80(70-33-21-13-22-34-70)57-83(72-45-41-66(9)42-46-72)60-85(63(3)4)75-37-25-15-26-38-75/h11-52,62-65,78-87H,53-61H2,1-10H3. The van der Waals surface area contributed by atoms with E-state index in [9.17, 15) is 0 Å². The molecule has 0 radical (unpaired) electrons. The minimum atomic E-state index is 0.341. The Morgan fingerprint density at radius 2 is 0.356 bits per heavy atom. The molecule has 0 aromatic heterocycles. The van der Waals surface area contributed by atoms with Crippen molar-refractivity contribution in [1.82, 2.24) is 0 Å². The van der Waals surface area contributed by atoms with Crippen molar-refractivity contribution in [2.45, 2.75) is 186 Å². The van der Waals surface area contributed by atoms with Crippen LogP contribution >= 0.6 is 0 Å². The second-order valence-electron chi connectivity index (χ2n) is 27.9. The van der Waals surface area contributed by atoms with Crippen LogP contribution in [0.3, 0.4) is 0 Å². The molecule has 0 bridgehead atoms. The highest BCUT2D eigenvalue weighted by atomic mass is 14.4. The Morgan fingerprint density at radius 3 is 0.586 bits per heavy atom. The van der Waals surface area contributed by atoms with Gasteiger partial charge in [0.1, 0.15) is 0 Å². The van der Waals surface area contributed by atoms with Gasteiger partial charge in [0.05, 0.1) is 0 Å². The molecule has 0 saturated heterocycles. The van der Waals surface area contributed by atoms with E-state index in [1.165, 1.54) is 73.2 Å². The summed E-state index contributed by atoms with van der Waals surface area (Å²) in [5.41, 5.74) is 17.4. The molecular weight excluding hydrogens is 1040 g/mol. The Hall–Kier alpha value is -7.02. The summed E-state index contributed by atoms with van der Waals surface area (Å²) in [6, 6.07) is 98.8. The smallest absolute Gasteiger partial charge is 0.0133 e. The monoisotopic (exact) mass is 1150 g/mol. The minimum Gasteiger partial charge on any atom is -0.0628 e. The van der Waals surface area contributed by atoms with Gasteiger partial charge in [-0.25, -0.2) is 0 Å². The van der Waals surface area contributed by atoms with E-state index in [4.69, 9.17) is 0 Å². The normalized spacial score (nSPS) is 15.4. The maximum Gasteiger partial charge on any atom is -0.0133 e. The van der Waals surface area contributed by atoms with Crippen LogP contribution in [0, 0.1) is 37.5 Å². The molecule has 0 amide bonds. The third-order valence-corrected chi connectivity index (χ3v) is 20.1. The average Bonchev–Trinajstić information content (AvgIpc) is 3.69. The van der Waals surface area contributed by atoms with Crippen molar-refractivity contribution >= 4 is 0 Å². The fourth-order valence-corrected chi connectivity index (χ4v) is 15.2. The van der Waals surface area contributed by atoms with Gasteiger partial charge in [-0.15, -0.1) is 0 Å². The van der Waals surface area contributed by atoms with Crippen LogP contribution in [0.4, 0.5) is 0 Å². The Bertz CT molecular complexity index is 3310. The lowest BCUT2D eigenvalue weighted by Crippen LogP contribution is -2.18. The summed E-state index contributed by atoms with van der Waals surface area (Å²) >= 11 is 0. The molecule has 0 aliphatic carbocycles. The quantitative estimate of drug-likeness (QED) is 0.0406. The van der Waals surface area contributed by atoms with E-state index in [0.29, 0.717) is 82.9 Å². The predicted octanol–water partition coefficient (Wildman–Crippen LogP) is 24.9. The summed E-state index contributed by atoms with van der Waals surface area (Å²) < 4.78 is 0. The first-order valence-electron chi connectivity index (χ1n) is 33.8. The van der Waals surface area contributed by atoms with Gasteiger partial charge in [0, 0.05) is 0 Å². The molecule has 9 rings (SSSR count). The zero-order valence-corrected chi connectivity index (χ0v) is 54.7. The summed E-state index contributed by atoms with van der Waals surface area (Å²) in [5, 5.41) is 0. The highest BCUT2D eigenvalue weighted by Crippen LogP contribution is 2.49. The van der Waals surface area contributed by atoms with Crippen LogP contribution in [0.5, 0.6) is 0 Å². The second kappa shape index (κ2) is 32.3. The molecule has 9 aromatic rings. The van der Waals surface area contributed by atoms with Gasteiger partial charge in [0.25, 0.3) is 0 Å².